The van der Waals surface area contributed by atoms with E-state index >= 15 is 0 Å². The molecule has 6 nitrogen and oxygen atoms in total. The van der Waals surface area contributed by atoms with Crippen LogP contribution in [0.2, 0.25) is 0 Å². The molecule has 1 heterocycles. The number of hydrogen-bond acceptors (Lipinski definition) is 4. The second-order valence-corrected chi connectivity index (χ2v) is 7.18. The van der Waals surface area contributed by atoms with E-state index in [4.69, 9.17) is 4.74 Å². The Hall–Kier alpha value is -1.92. The van der Waals surface area contributed by atoms with Gasteiger partial charge in [-0.3, -0.25) is 9.69 Å². The van der Waals surface area contributed by atoms with Gasteiger partial charge in [-0.15, -0.1) is 0 Å². The molecule has 3 atom stereocenters. The van der Waals surface area contributed by atoms with Gasteiger partial charge in [0.15, 0.2) is 0 Å². The average molecular weight is 348 g/mol. The SMILES string of the molecule is CC1CN(Cc2ccc(C(=O)N[C@H](C(=O)O)C(C)C)cc2)CC(C)O1. The number of nitrogens with one attached hydrogen (secondary N) is 1. The molecule has 0 bridgehead atoms. The van der Waals surface area contributed by atoms with Crippen molar-refractivity contribution in [2.45, 2.75) is 52.5 Å². The Labute approximate surface area is 149 Å². The van der Waals surface area contributed by atoms with Crippen LogP contribution in [0.5, 0.6) is 0 Å². The third-order valence-corrected chi connectivity index (χ3v) is 4.34. The van der Waals surface area contributed by atoms with Crippen molar-refractivity contribution in [1.29, 1.82) is 0 Å². The number of carbonyl (C=O) groups excluding carboxylic acids is 1. The third-order valence-electron chi connectivity index (χ3n) is 4.34. The molecule has 0 aromatic heterocycles. The lowest BCUT2D eigenvalue weighted by molar-refractivity contribution is -0.140. The van der Waals surface area contributed by atoms with Crippen LogP contribution >= 0.6 is 0 Å². The smallest absolute Gasteiger partial charge is 0.326 e. The van der Waals surface area contributed by atoms with E-state index in [0.717, 1.165) is 25.2 Å². The first-order chi connectivity index (χ1) is 11.8. The van der Waals surface area contributed by atoms with Crippen LogP contribution in [0.1, 0.15) is 43.6 Å². The number of carboxylic acid groups (broad SMARTS) is 1. The fourth-order valence-electron chi connectivity index (χ4n) is 3.17. The number of nitrogens with zero attached hydrogens (tertiary/aromatic N) is 1. The molecule has 1 fully saturated rings. The van der Waals surface area contributed by atoms with Gasteiger partial charge in [-0.2, -0.15) is 0 Å². The van der Waals surface area contributed by atoms with Gasteiger partial charge >= 0.3 is 5.97 Å². The lowest BCUT2D eigenvalue weighted by Gasteiger charge is -2.35. The predicted octanol–water partition coefficient (Wildman–Crippen LogP) is 2.13. The summed E-state index contributed by atoms with van der Waals surface area (Å²) >= 11 is 0. The summed E-state index contributed by atoms with van der Waals surface area (Å²) in [5.74, 6) is -1.55. The molecule has 0 aliphatic carbocycles. The summed E-state index contributed by atoms with van der Waals surface area (Å²) in [6, 6.07) is 6.45. The summed E-state index contributed by atoms with van der Waals surface area (Å²) in [6.45, 7) is 10.3. The molecule has 2 unspecified atom stereocenters. The van der Waals surface area contributed by atoms with Crippen molar-refractivity contribution >= 4 is 11.9 Å². The lowest BCUT2D eigenvalue weighted by Crippen LogP contribution is -2.45. The number of rotatable bonds is 6. The molecule has 1 aromatic rings. The van der Waals surface area contributed by atoms with Gasteiger partial charge in [-0.05, 0) is 37.5 Å². The highest BCUT2D eigenvalue weighted by molar-refractivity contribution is 5.96. The summed E-state index contributed by atoms with van der Waals surface area (Å²) in [5.41, 5.74) is 1.59. The van der Waals surface area contributed by atoms with Crippen LogP contribution in [0, 0.1) is 5.92 Å². The van der Waals surface area contributed by atoms with E-state index in [0.29, 0.717) is 5.56 Å². The van der Waals surface area contributed by atoms with Gasteiger partial charge in [0.05, 0.1) is 12.2 Å². The Morgan fingerprint density at radius 3 is 2.24 bits per heavy atom. The molecule has 0 saturated carbocycles. The van der Waals surface area contributed by atoms with E-state index < -0.39 is 12.0 Å². The first kappa shape index (κ1) is 19.4. The van der Waals surface area contributed by atoms with Crippen molar-refractivity contribution in [2.24, 2.45) is 5.92 Å². The summed E-state index contributed by atoms with van der Waals surface area (Å²) in [6.07, 6.45) is 0.440. The number of morpholine rings is 1. The van der Waals surface area contributed by atoms with E-state index in [9.17, 15) is 14.7 Å². The molecule has 0 radical (unpaired) electrons. The minimum Gasteiger partial charge on any atom is -0.480 e. The highest BCUT2D eigenvalue weighted by atomic mass is 16.5. The molecular formula is C19H28N2O4. The molecule has 1 aliphatic heterocycles. The van der Waals surface area contributed by atoms with Gasteiger partial charge in [0, 0.05) is 25.2 Å². The number of hydrogen-bond donors (Lipinski definition) is 2. The summed E-state index contributed by atoms with van der Waals surface area (Å²) in [5, 5.41) is 11.8. The fourth-order valence-corrected chi connectivity index (χ4v) is 3.17. The number of ether oxygens (including phenoxy) is 1. The third kappa shape index (κ3) is 5.54. The van der Waals surface area contributed by atoms with Gasteiger partial charge in [-0.1, -0.05) is 26.0 Å². The van der Waals surface area contributed by atoms with Crippen LogP contribution in [0.4, 0.5) is 0 Å². The molecule has 1 aliphatic rings. The number of carboxylic acids is 1. The Morgan fingerprint density at radius 2 is 1.76 bits per heavy atom. The summed E-state index contributed by atoms with van der Waals surface area (Å²) < 4.78 is 5.74. The predicted molar refractivity (Wildman–Crippen MR) is 95.5 cm³/mol. The molecule has 1 aromatic carbocycles. The quantitative estimate of drug-likeness (QED) is 0.823. The number of benzene rings is 1. The Bertz CT molecular complexity index is 590. The summed E-state index contributed by atoms with van der Waals surface area (Å²) in [7, 11) is 0. The first-order valence-electron chi connectivity index (χ1n) is 8.76. The Kier molecular flexibility index (Phi) is 6.56. The largest absolute Gasteiger partial charge is 0.480 e. The van der Waals surface area contributed by atoms with Crippen LogP contribution in [0.25, 0.3) is 0 Å². The Morgan fingerprint density at radius 1 is 1.20 bits per heavy atom. The first-order valence-corrected chi connectivity index (χ1v) is 8.76. The topological polar surface area (TPSA) is 78.9 Å². The van der Waals surface area contributed by atoms with Crippen molar-refractivity contribution in [3.63, 3.8) is 0 Å². The zero-order valence-corrected chi connectivity index (χ0v) is 15.4. The van der Waals surface area contributed by atoms with Gasteiger partial charge < -0.3 is 15.2 Å². The maximum absolute atomic E-state index is 12.2. The van der Waals surface area contributed by atoms with Gasteiger partial charge in [0.25, 0.3) is 5.91 Å². The molecule has 1 amide bonds. The molecule has 0 spiro atoms. The molecule has 25 heavy (non-hydrogen) atoms. The molecule has 138 valence electrons. The van der Waals surface area contributed by atoms with E-state index in [1.54, 1.807) is 26.0 Å². The Balaban J connectivity index is 1.97. The molecule has 2 rings (SSSR count). The van der Waals surface area contributed by atoms with Crippen LogP contribution in [-0.4, -0.2) is 53.2 Å². The van der Waals surface area contributed by atoms with E-state index in [2.05, 4.69) is 24.1 Å². The van der Waals surface area contributed by atoms with Crippen molar-refractivity contribution in [2.75, 3.05) is 13.1 Å². The highest BCUT2D eigenvalue weighted by Gasteiger charge is 2.24. The zero-order valence-electron chi connectivity index (χ0n) is 15.4. The van der Waals surface area contributed by atoms with Crippen LogP contribution in [0.3, 0.4) is 0 Å². The number of amides is 1. The fraction of sp³-hybridized carbons (Fsp3) is 0.579. The summed E-state index contributed by atoms with van der Waals surface area (Å²) in [4.78, 5) is 25.8. The van der Waals surface area contributed by atoms with Crippen LogP contribution in [0.15, 0.2) is 24.3 Å². The zero-order chi connectivity index (χ0) is 18.6. The van der Waals surface area contributed by atoms with Crippen LogP contribution in [-0.2, 0) is 16.1 Å². The van der Waals surface area contributed by atoms with Gasteiger partial charge in [0.2, 0.25) is 0 Å². The monoisotopic (exact) mass is 348 g/mol. The van der Waals surface area contributed by atoms with E-state index in [1.807, 2.05) is 12.1 Å². The van der Waals surface area contributed by atoms with Crippen molar-refractivity contribution < 1.29 is 19.4 Å². The van der Waals surface area contributed by atoms with Crippen LogP contribution < -0.4 is 5.32 Å². The second-order valence-electron chi connectivity index (χ2n) is 7.18. The maximum Gasteiger partial charge on any atom is 0.326 e. The molecule has 1 saturated heterocycles. The number of aliphatic carboxylic acids is 1. The maximum atomic E-state index is 12.2. The van der Waals surface area contributed by atoms with E-state index in [-0.39, 0.29) is 24.0 Å². The minimum atomic E-state index is -1.02. The van der Waals surface area contributed by atoms with Crippen molar-refractivity contribution in [1.82, 2.24) is 10.2 Å². The molecule has 2 N–H and O–H groups in total. The molecular weight excluding hydrogens is 320 g/mol. The standard InChI is InChI=1S/C19H28N2O4/c1-12(2)17(19(23)24)20-18(22)16-7-5-15(6-8-16)11-21-9-13(3)25-14(4)10-21/h5-8,12-14,17H,9-11H2,1-4H3,(H,20,22)(H,23,24)/t13?,14?,17-/m0/s1. The van der Waals surface area contributed by atoms with E-state index in [1.165, 1.54) is 0 Å². The van der Waals surface area contributed by atoms with Gasteiger partial charge in [-0.25, -0.2) is 4.79 Å². The molecule has 6 heteroatoms. The normalized spacial score (nSPS) is 22.6. The minimum absolute atomic E-state index is 0.175. The van der Waals surface area contributed by atoms with Gasteiger partial charge in [0.1, 0.15) is 6.04 Å². The second kappa shape index (κ2) is 8.45. The number of carbonyl (C=O) groups is 2. The van der Waals surface area contributed by atoms with Crippen molar-refractivity contribution in [3.8, 4) is 0 Å². The highest BCUT2D eigenvalue weighted by Crippen LogP contribution is 2.15. The van der Waals surface area contributed by atoms with Crippen molar-refractivity contribution in [3.05, 3.63) is 35.4 Å². The lowest BCUT2D eigenvalue weighted by atomic mass is 10.0. The average Bonchev–Trinajstić information content (AvgIpc) is 2.51.